The fourth-order valence-electron chi connectivity index (χ4n) is 7.07. The molecule has 0 fully saturated rings. The lowest BCUT2D eigenvalue weighted by Crippen LogP contribution is -2.28. The van der Waals surface area contributed by atoms with E-state index in [1.54, 1.807) is 28.4 Å². The van der Waals surface area contributed by atoms with E-state index in [1.165, 1.54) is 56.2 Å². The first-order valence-electron chi connectivity index (χ1n) is 15.9. The van der Waals surface area contributed by atoms with E-state index in [0.717, 1.165) is 55.3 Å². The Morgan fingerprint density at radius 3 is 2.31 bits per heavy atom. The number of methoxy groups -OCH3 is 4. The Kier molecular flexibility index (Phi) is 10.3. The predicted octanol–water partition coefficient (Wildman–Crippen LogP) is 8.10. The van der Waals surface area contributed by atoms with E-state index in [-0.39, 0.29) is 5.41 Å². The average molecular weight is 632 g/mol. The molecule has 45 heavy (non-hydrogen) atoms. The highest BCUT2D eigenvalue weighted by molar-refractivity contribution is 6.32. The van der Waals surface area contributed by atoms with Crippen molar-refractivity contribution in [1.29, 1.82) is 0 Å². The summed E-state index contributed by atoms with van der Waals surface area (Å²) >= 11 is 7.16. The van der Waals surface area contributed by atoms with Gasteiger partial charge in [-0.15, -0.1) is 0 Å². The molecule has 0 atom stereocenters. The van der Waals surface area contributed by atoms with Gasteiger partial charge in [-0.1, -0.05) is 23.8 Å². The van der Waals surface area contributed by atoms with Crippen molar-refractivity contribution >= 4 is 28.7 Å². The minimum absolute atomic E-state index is 0.201. The highest BCUT2D eigenvalue weighted by Crippen LogP contribution is 2.45. The number of hydrogen-bond acceptors (Lipinski definition) is 5. The van der Waals surface area contributed by atoms with E-state index in [1.807, 2.05) is 0 Å². The Hall–Kier alpha value is -3.32. The van der Waals surface area contributed by atoms with Crippen molar-refractivity contribution in [2.24, 2.45) is 0 Å². The van der Waals surface area contributed by atoms with Gasteiger partial charge in [-0.2, -0.15) is 4.58 Å². The largest absolute Gasteiger partial charge is 0.497 e. The molecule has 2 heterocycles. The zero-order valence-electron chi connectivity index (χ0n) is 28.2. The normalized spacial score (nSPS) is 19.4. The number of allylic oxidation sites excluding steroid dienone is 8. The van der Waals surface area contributed by atoms with E-state index in [2.05, 4.69) is 85.7 Å². The van der Waals surface area contributed by atoms with Gasteiger partial charge in [0.1, 0.15) is 18.1 Å². The van der Waals surface area contributed by atoms with E-state index in [4.69, 9.17) is 30.5 Å². The molecule has 0 bridgehead atoms. The average Bonchev–Trinajstić information content (AvgIpc) is 3.48. The summed E-state index contributed by atoms with van der Waals surface area (Å²) in [6.07, 6.45) is 12.8. The van der Waals surface area contributed by atoms with Crippen LogP contribution < -0.4 is 14.4 Å². The highest BCUT2D eigenvalue weighted by Gasteiger charge is 2.45. The van der Waals surface area contributed by atoms with Crippen LogP contribution >= 0.6 is 11.6 Å². The molecular weight excluding hydrogens is 584 g/mol. The van der Waals surface area contributed by atoms with Crippen LogP contribution in [0.4, 0.5) is 11.4 Å². The SMILES string of the molecule is COCCN1C(=CC=C2CCCC(C=CC3=[N+](CCOC)c4c(C)cc(OC)cc4C3(C)C)=C2Cl)Cc2cc(OC)cc(C)c21. The number of fused-ring (bicyclic) bond motifs is 2. The summed E-state index contributed by atoms with van der Waals surface area (Å²) in [5.74, 6) is 1.78. The fourth-order valence-corrected chi connectivity index (χ4v) is 7.38. The molecule has 2 aromatic rings. The first kappa shape index (κ1) is 33.1. The lowest BCUT2D eigenvalue weighted by Gasteiger charge is -2.23. The van der Waals surface area contributed by atoms with Gasteiger partial charge in [0.05, 0.1) is 26.2 Å². The number of nitrogens with zero attached hydrogens (tertiary/aromatic N) is 2. The van der Waals surface area contributed by atoms with Crippen LogP contribution in [0, 0.1) is 13.8 Å². The molecule has 0 N–H and O–H groups in total. The molecule has 0 amide bonds. The second-order valence-electron chi connectivity index (χ2n) is 12.6. The van der Waals surface area contributed by atoms with Crippen molar-refractivity contribution in [1.82, 2.24) is 0 Å². The standard InChI is InChI=1S/C38H48ClN2O4/c1-25-20-31(44-7)23-29-22-30(40(36(25)29)16-18-42-5)14-12-27-10-9-11-28(35(27)39)13-15-34-38(3,4)33-24-32(45-8)21-26(2)37(33)41(34)17-19-43-6/h12-15,20-21,23-24H,9-11,16-19,22H2,1-8H3/q+1. The lowest BCUT2D eigenvalue weighted by molar-refractivity contribution is -0.442. The molecule has 2 aromatic carbocycles. The zero-order valence-corrected chi connectivity index (χ0v) is 28.9. The minimum Gasteiger partial charge on any atom is -0.497 e. The number of halogens is 1. The van der Waals surface area contributed by atoms with Crippen LogP contribution in [-0.4, -0.2) is 65.0 Å². The van der Waals surface area contributed by atoms with E-state index in [0.29, 0.717) is 13.2 Å². The lowest BCUT2D eigenvalue weighted by atomic mass is 9.80. The third kappa shape index (κ3) is 6.51. The second kappa shape index (κ2) is 14.0. The van der Waals surface area contributed by atoms with E-state index >= 15 is 0 Å². The van der Waals surface area contributed by atoms with Gasteiger partial charge in [0.25, 0.3) is 0 Å². The molecule has 240 valence electrons. The quantitative estimate of drug-likeness (QED) is 0.235. The Labute approximate surface area is 274 Å². The Morgan fingerprint density at radius 1 is 0.889 bits per heavy atom. The van der Waals surface area contributed by atoms with Gasteiger partial charge >= 0.3 is 0 Å². The Balaban J connectivity index is 1.48. The molecule has 7 heteroatoms. The number of hydrogen-bond donors (Lipinski definition) is 0. The van der Waals surface area contributed by atoms with E-state index in [9.17, 15) is 0 Å². The fraction of sp³-hybridized carbons (Fsp3) is 0.447. The summed E-state index contributed by atoms with van der Waals surface area (Å²) in [4.78, 5) is 2.38. The third-order valence-electron chi connectivity index (χ3n) is 9.37. The minimum atomic E-state index is -0.201. The van der Waals surface area contributed by atoms with Crippen molar-refractivity contribution in [3.8, 4) is 11.5 Å². The van der Waals surface area contributed by atoms with Crippen molar-refractivity contribution in [3.05, 3.63) is 92.7 Å². The summed E-state index contributed by atoms with van der Waals surface area (Å²) in [6.45, 7) is 11.8. The van der Waals surface area contributed by atoms with Gasteiger partial charge in [-0.25, -0.2) is 0 Å². The van der Waals surface area contributed by atoms with Gasteiger partial charge in [-0.3, -0.25) is 0 Å². The predicted molar refractivity (Wildman–Crippen MR) is 185 cm³/mol. The second-order valence-corrected chi connectivity index (χ2v) is 13.0. The molecule has 6 nitrogen and oxygen atoms in total. The van der Waals surface area contributed by atoms with Gasteiger partial charge in [-0.05, 0) is 99.6 Å². The van der Waals surface area contributed by atoms with Crippen LogP contribution in [0.3, 0.4) is 0 Å². The molecular formula is C38H48ClN2O4+. The van der Waals surface area contributed by atoms with Crippen LogP contribution in [-0.2, 0) is 21.3 Å². The van der Waals surface area contributed by atoms with Crippen molar-refractivity contribution in [2.75, 3.05) is 59.6 Å². The van der Waals surface area contributed by atoms with Gasteiger partial charge in [0.15, 0.2) is 12.3 Å². The summed E-state index contributed by atoms with van der Waals surface area (Å²) in [6, 6.07) is 8.56. The van der Waals surface area contributed by atoms with Crippen LogP contribution in [0.5, 0.6) is 11.5 Å². The van der Waals surface area contributed by atoms with Crippen molar-refractivity contribution < 1.29 is 23.5 Å². The monoisotopic (exact) mass is 631 g/mol. The topological polar surface area (TPSA) is 43.2 Å². The van der Waals surface area contributed by atoms with Gasteiger partial charge in [0, 0.05) is 60.8 Å². The Morgan fingerprint density at radius 2 is 1.60 bits per heavy atom. The maximum Gasteiger partial charge on any atom is 0.213 e. The van der Waals surface area contributed by atoms with Crippen molar-refractivity contribution in [3.63, 3.8) is 0 Å². The van der Waals surface area contributed by atoms with Crippen LogP contribution in [0.1, 0.15) is 55.4 Å². The molecule has 0 spiro atoms. The molecule has 0 aromatic heterocycles. The molecule has 0 unspecified atom stereocenters. The van der Waals surface area contributed by atoms with Crippen molar-refractivity contribution in [2.45, 2.75) is 58.8 Å². The first-order chi connectivity index (χ1) is 21.6. The molecule has 0 radical (unpaired) electrons. The van der Waals surface area contributed by atoms with Crippen LogP contribution in [0.2, 0.25) is 0 Å². The van der Waals surface area contributed by atoms with Crippen LogP contribution in [0.25, 0.3) is 0 Å². The number of aryl methyl sites for hydroxylation is 2. The van der Waals surface area contributed by atoms with Gasteiger partial charge in [0.2, 0.25) is 5.69 Å². The maximum atomic E-state index is 7.16. The Bertz CT molecular complexity index is 1610. The third-order valence-corrected chi connectivity index (χ3v) is 9.86. The first-order valence-corrected chi connectivity index (χ1v) is 16.3. The smallest absolute Gasteiger partial charge is 0.213 e. The number of benzene rings is 2. The molecule has 0 saturated carbocycles. The summed E-state index contributed by atoms with van der Waals surface area (Å²) in [7, 11) is 6.97. The number of rotatable bonds is 11. The summed E-state index contributed by atoms with van der Waals surface area (Å²) in [5.41, 5.74) is 12.1. The number of anilines is 1. The molecule has 0 saturated heterocycles. The van der Waals surface area contributed by atoms with Gasteiger partial charge < -0.3 is 23.8 Å². The maximum absolute atomic E-state index is 7.16. The van der Waals surface area contributed by atoms with E-state index < -0.39 is 0 Å². The highest BCUT2D eigenvalue weighted by atomic mass is 35.5. The molecule has 3 aliphatic rings. The summed E-state index contributed by atoms with van der Waals surface area (Å²) < 4.78 is 24.6. The zero-order chi connectivity index (χ0) is 32.3. The molecule has 1 aliphatic carbocycles. The number of ether oxygens (including phenoxy) is 4. The summed E-state index contributed by atoms with van der Waals surface area (Å²) in [5, 5.41) is 0.862. The molecule has 2 aliphatic heterocycles. The molecule has 5 rings (SSSR count). The van der Waals surface area contributed by atoms with Crippen LogP contribution in [0.15, 0.2) is 70.4 Å².